The minimum Gasteiger partial charge on any atom is -0.497 e. The highest BCUT2D eigenvalue weighted by atomic mass is 35.5. The molecule has 0 aliphatic carbocycles. The van der Waals surface area contributed by atoms with Crippen molar-refractivity contribution < 1.29 is 9.84 Å². The number of aliphatic imine (C=N–C) groups is 1. The number of aliphatic hydroxyl groups excluding tert-OH is 1. The smallest absolute Gasteiger partial charge is 0.191 e. The molecule has 0 aliphatic heterocycles. The first-order chi connectivity index (χ1) is 12.6. The maximum absolute atomic E-state index is 10.3. The molecule has 1 atom stereocenters. The summed E-state index contributed by atoms with van der Waals surface area (Å²) in [4.78, 5) is 8.52. The summed E-state index contributed by atoms with van der Waals surface area (Å²) in [5.41, 5.74) is 1.90. The van der Waals surface area contributed by atoms with Crippen LogP contribution in [0.15, 0.2) is 47.6 Å². The number of hydrogen-bond acceptors (Lipinski definition) is 4. The van der Waals surface area contributed by atoms with Crippen LogP contribution in [0.4, 0.5) is 0 Å². The van der Waals surface area contributed by atoms with Crippen LogP contribution in [0.25, 0.3) is 0 Å². The van der Waals surface area contributed by atoms with Crippen molar-refractivity contribution in [1.82, 2.24) is 15.6 Å². The number of pyridine rings is 1. The number of aliphatic hydroxyl groups is 1. The molecular weight excluding hydrogens is 352 g/mol. The fourth-order valence-corrected chi connectivity index (χ4v) is 2.44. The van der Waals surface area contributed by atoms with E-state index >= 15 is 0 Å². The molecule has 140 valence electrons. The van der Waals surface area contributed by atoms with E-state index in [9.17, 15) is 5.11 Å². The molecule has 0 spiro atoms. The van der Waals surface area contributed by atoms with E-state index in [2.05, 4.69) is 20.6 Å². The van der Waals surface area contributed by atoms with E-state index in [0.717, 1.165) is 29.8 Å². The molecule has 3 N–H and O–H groups in total. The Kier molecular flexibility index (Phi) is 8.18. The van der Waals surface area contributed by atoms with E-state index in [1.165, 1.54) is 0 Å². The normalized spacial score (nSPS) is 12.5. The van der Waals surface area contributed by atoms with Gasteiger partial charge in [0.15, 0.2) is 5.96 Å². The second kappa shape index (κ2) is 10.6. The van der Waals surface area contributed by atoms with Gasteiger partial charge in [0.25, 0.3) is 0 Å². The van der Waals surface area contributed by atoms with Gasteiger partial charge in [0.05, 0.1) is 19.8 Å². The van der Waals surface area contributed by atoms with E-state index < -0.39 is 6.10 Å². The Morgan fingerprint density at radius 1 is 1.23 bits per heavy atom. The average molecular weight is 377 g/mol. The highest BCUT2D eigenvalue weighted by Gasteiger charge is 2.08. The van der Waals surface area contributed by atoms with Crippen LogP contribution in [-0.4, -0.2) is 42.8 Å². The van der Waals surface area contributed by atoms with Crippen LogP contribution in [0.2, 0.25) is 5.15 Å². The van der Waals surface area contributed by atoms with Crippen molar-refractivity contribution in [3.8, 4) is 5.75 Å². The number of nitrogens with one attached hydrogen (secondary N) is 2. The van der Waals surface area contributed by atoms with Gasteiger partial charge in [-0.05, 0) is 42.7 Å². The number of halogens is 1. The first-order valence-electron chi connectivity index (χ1n) is 8.57. The first-order valence-corrected chi connectivity index (χ1v) is 8.94. The fourth-order valence-electron chi connectivity index (χ4n) is 2.33. The Labute approximate surface area is 159 Å². The van der Waals surface area contributed by atoms with Crippen molar-refractivity contribution in [3.05, 3.63) is 58.9 Å². The molecule has 1 heterocycles. The van der Waals surface area contributed by atoms with Crippen LogP contribution in [0.3, 0.4) is 0 Å². The van der Waals surface area contributed by atoms with Gasteiger partial charge >= 0.3 is 0 Å². The van der Waals surface area contributed by atoms with Gasteiger partial charge in [0, 0.05) is 19.3 Å². The first kappa shape index (κ1) is 20.0. The molecule has 0 fully saturated rings. The number of benzene rings is 1. The van der Waals surface area contributed by atoms with Gasteiger partial charge in [-0.15, -0.1) is 0 Å². The van der Waals surface area contributed by atoms with Crippen molar-refractivity contribution in [2.45, 2.75) is 19.4 Å². The average Bonchev–Trinajstić information content (AvgIpc) is 2.67. The van der Waals surface area contributed by atoms with Crippen LogP contribution in [-0.2, 0) is 6.42 Å². The summed E-state index contributed by atoms with van der Waals surface area (Å²) in [6.45, 7) is 3.71. The maximum atomic E-state index is 10.3. The Morgan fingerprint density at radius 3 is 2.62 bits per heavy atom. The van der Waals surface area contributed by atoms with Crippen LogP contribution in [0, 0.1) is 0 Å². The molecule has 0 saturated heterocycles. The summed E-state index contributed by atoms with van der Waals surface area (Å²) in [6.07, 6.45) is 1.90. The number of methoxy groups -OCH3 is 1. The molecule has 1 unspecified atom stereocenters. The molecule has 6 nitrogen and oxygen atoms in total. The van der Waals surface area contributed by atoms with Gasteiger partial charge in [-0.25, -0.2) is 4.98 Å². The molecule has 26 heavy (non-hydrogen) atoms. The molecule has 0 aliphatic rings. The lowest BCUT2D eigenvalue weighted by atomic mass is 10.1. The van der Waals surface area contributed by atoms with Crippen molar-refractivity contribution in [2.75, 3.05) is 26.7 Å². The predicted octanol–water partition coefficient (Wildman–Crippen LogP) is 2.57. The summed E-state index contributed by atoms with van der Waals surface area (Å²) < 4.78 is 5.13. The van der Waals surface area contributed by atoms with E-state index in [-0.39, 0.29) is 6.54 Å². The molecule has 2 aromatic rings. The summed E-state index contributed by atoms with van der Waals surface area (Å²) in [6, 6.07) is 11.1. The van der Waals surface area contributed by atoms with Crippen LogP contribution in [0.5, 0.6) is 5.75 Å². The molecule has 1 aromatic heterocycles. The predicted molar refractivity (Wildman–Crippen MR) is 105 cm³/mol. The van der Waals surface area contributed by atoms with Gasteiger partial charge in [-0.3, -0.25) is 4.99 Å². The highest BCUT2D eigenvalue weighted by Crippen LogP contribution is 2.17. The lowest BCUT2D eigenvalue weighted by Gasteiger charge is -2.13. The summed E-state index contributed by atoms with van der Waals surface area (Å²) in [5.74, 6) is 1.43. The zero-order valence-electron chi connectivity index (χ0n) is 15.1. The fraction of sp³-hybridized carbons (Fsp3) is 0.368. The van der Waals surface area contributed by atoms with Crippen molar-refractivity contribution in [2.24, 2.45) is 4.99 Å². The highest BCUT2D eigenvalue weighted by molar-refractivity contribution is 6.29. The van der Waals surface area contributed by atoms with Gasteiger partial charge in [-0.1, -0.05) is 29.8 Å². The molecule has 7 heteroatoms. The zero-order valence-corrected chi connectivity index (χ0v) is 15.8. The minimum absolute atomic E-state index is 0.268. The third-order valence-electron chi connectivity index (χ3n) is 3.76. The summed E-state index contributed by atoms with van der Waals surface area (Å²) in [5, 5.41) is 17.2. The Bertz CT molecular complexity index is 690. The van der Waals surface area contributed by atoms with Crippen LogP contribution < -0.4 is 15.4 Å². The van der Waals surface area contributed by atoms with Crippen molar-refractivity contribution in [1.29, 1.82) is 0 Å². The number of hydrogen-bond donors (Lipinski definition) is 3. The largest absolute Gasteiger partial charge is 0.497 e. The number of ether oxygens (including phenoxy) is 1. The quantitative estimate of drug-likeness (QED) is 0.375. The standard InChI is InChI=1S/C19H25ClN4O2/c1-3-21-19(22-11-10-14-4-9-18(20)23-12-14)24-13-17(25)15-5-7-16(26-2)8-6-15/h4-9,12,17,25H,3,10-11,13H2,1-2H3,(H2,21,22,24). The van der Waals surface area contributed by atoms with Crippen LogP contribution >= 0.6 is 11.6 Å². The van der Waals surface area contributed by atoms with Gasteiger partial charge in [0.2, 0.25) is 0 Å². The second-order valence-corrected chi connectivity index (χ2v) is 6.06. The number of aromatic nitrogens is 1. The topological polar surface area (TPSA) is 78.8 Å². The molecule has 0 bridgehead atoms. The Hall–Kier alpha value is -2.31. The molecule has 2 rings (SSSR count). The zero-order chi connectivity index (χ0) is 18.8. The monoisotopic (exact) mass is 376 g/mol. The SMILES string of the molecule is CCNC(=NCC(O)c1ccc(OC)cc1)NCCc1ccc(Cl)nc1. The summed E-state index contributed by atoms with van der Waals surface area (Å²) in [7, 11) is 1.62. The third kappa shape index (κ3) is 6.54. The summed E-state index contributed by atoms with van der Waals surface area (Å²) >= 11 is 5.79. The Balaban J connectivity index is 1.87. The lowest BCUT2D eigenvalue weighted by molar-refractivity contribution is 0.187. The van der Waals surface area contributed by atoms with Crippen molar-refractivity contribution in [3.63, 3.8) is 0 Å². The molecular formula is C19H25ClN4O2. The molecule has 1 aromatic carbocycles. The second-order valence-electron chi connectivity index (χ2n) is 5.67. The molecule has 0 saturated carbocycles. The van der Waals surface area contributed by atoms with Gasteiger partial charge < -0.3 is 20.5 Å². The lowest BCUT2D eigenvalue weighted by Crippen LogP contribution is -2.38. The maximum Gasteiger partial charge on any atom is 0.191 e. The van der Waals surface area contributed by atoms with E-state index in [0.29, 0.717) is 17.7 Å². The number of nitrogens with zero attached hydrogens (tertiary/aromatic N) is 2. The number of rotatable bonds is 8. The van der Waals surface area contributed by atoms with Gasteiger partial charge in [-0.2, -0.15) is 0 Å². The van der Waals surface area contributed by atoms with Crippen molar-refractivity contribution >= 4 is 17.6 Å². The molecule has 0 amide bonds. The third-order valence-corrected chi connectivity index (χ3v) is 3.99. The van der Waals surface area contributed by atoms with Gasteiger partial charge in [0.1, 0.15) is 10.9 Å². The van der Waals surface area contributed by atoms with E-state index in [4.69, 9.17) is 16.3 Å². The minimum atomic E-state index is -0.670. The van der Waals surface area contributed by atoms with E-state index in [1.54, 1.807) is 19.4 Å². The van der Waals surface area contributed by atoms with E-state index in [1.807, 2.05) is 37.3 Å². The number of guanidine groups is 1. The Morgan fingerprint density at radius 2 is 2.00 bits per heavy atom. The van der Waals surface area contributed by atoms with Crippen LogP contribution in [0.1, 0.15) is 24.2 Å². The molecule has 0 radical (unpaired) electrons.